The van der Waals surface area contributed by atoms with Gasteiger partial charge in [-0.1, -0.05) is 48.5 Å². The van der Waals surface area contributed by atoms with Gasteiger partial charge >= 0.3 is 0 Å². The number of para-hydroxylation sites is 1. The van der Waals surface area contributed by atoms with Crippen molar-refractivity contribution in [1.29, 1.82) is 0 Å². The van der Waals surface area contributed by atoms with Crippen LogP contribution < -0.4 is 14.8 Å². The summed E-state index contributed by atoms with van der Waals surface area (Å²) in [5.41, 5.74) is 1.43. The van der Waals surface area contributed by atoms with E-state index < -0.39 is 10.0 Å². The highest BCUT2D eigenvalue weighted by Crippen LogP contribution is 2.33. The monoisotopic (exact) mass is 464 g/mol. The van der Waals surface area contributed by atoms with E-state index in [0.717, 1.165) is 33.4 Å². The van der Waals surface area contributed by atoms with Gasteiger partial charge in [0.15, 0.2) is 0 Å². The molecule has 1 aromatic heterocycles. The molecular weight excluding hydrogens is 444 g/mol. The van der Waals surface area contributed by atoms with Gasteiger partial charge in [-0.2, -0.15) is 0 Å². The fourth-order valence-corrected chi connectivity index (χ4v) is 5.92. The van der Waals surface area contributed by atoms with E-state index in [9.17, 15) is 13.2 Å². The second kappa shape index (κ2) is 8.29. The van der Waals surface area contributed by atoms with Crippen LogP contribution in [0.3, 0.4) is 0 Å². The maximum Gasteiger partial charge on any atom is 0.271 e. The Labute approximate surface area is 189 Å². The summed E-state index contributed by atoms with van der Waals surface area (Å²) >= 11 is 1.12. The van der Waals surface area contributed by atoms with Crippen LogP contribution in [-0.4, -0.2) is 20.9 Å². The largest absolute Gasteiger partial charge is 0.493 e. The molecule has 1 aliphatic heterocycles. The molecule has 3 aromatic carbocycles. The second-order valence-electron chi connectivity index (χ2n) is 7.48. The van der Waals surface area contributed by atoms with Crippen molar-refractivity contribution in [3.8, 4) is 5.75 Å². The topological polar surface area (TPSA) is 84.5 Å². The summed E-state index contributed by atoms with van der Waals surface area (Å²) in [6.07, 6.45) is 0.632. The lowest BCUT2D eigenvalue weighted by Gasteiger charge is -2.27. The first-order valence-corrected chi connectivity index (χ1v) is 12.5. The Morgan fingerprint density at radius 2 is 1.72 bits per heavy atom. The molecule has 0 fully saturated rings. The van der Waals surface area contributed by atoms with E-state index in [2.05, 4.69) is 10.0 Å². The van der Waals surface area contributed by atoms with Crippen LogP contribution in [-0.2, 0) is 10.0 Å². The van der Waals surface area contributed by atoms with Gasteiger partial charge in [0, 0.05) is 12.0 Å². The van der Waals surface area contributed by atoms with Crippen LogP contribution in [0.25, 0.3) is 10.8 Å². The Balaban J connectivity index is 1.53. The summed E-state index contributed by atoms with van der Waals surface area (Å²) in [5, 5.41) is 6.45. The summed E-state index contributed by atoms with van der Waals surface area (Å²) in [6.45, 7) is 0.498. The number of rotatable bonds is 5. The minimum Gasteiger partial charge on any atom is -0.493 e. The molecule has 0 unspecified atom stereocenters. The number of benzene rings is 3. The first kappa shape index (κ1) is 20.5. The zero-order valence-electron chi connectivity index (χ0n) is 16.9. The Kier molecular flexibility index (Phi) is 5.32. The molecule has 1 amide bonds. The number of ether oxygens (including phenoxy) is 1. The van der Waals surface area contributed by atoms with E-state index in [1.165, 1.54) is 6.07 Å². The molecule has 0 bridgehead atoms. The molecule has 5 rings (SSSR count). The van der Waals surface area contributed by atoms with Gasteiger partial charge in [-0.05, 0) is 40.4 Å². The van der Waals surface area contributed by atoms with E-state index in [1.807, 2.05) is 48.5 Å². The van der Waals surface area contributed by atoms with Crippen molar-refractivity contribution in [2.24, 2.45) is 0 Å². The predicted molar refractivity (Wildman–Crippen MR) is 126 cm³/mol. The van der Waals surface area contributed by atoms with Crippen LogP contribution in [0.4, 0.5) is 5.69 Å². The smallest absolute Gasteiger partial charge is 0.271 e. The summed E-state index contributed by atoms with van der Waals surface area (Å²) < 4.78 is 34.3. The standard InChI is InChI=1S/C24H20N2O4S2/c27-24(25-20-11-12-30-22-9-4-3-8-18(20)22)19-14-16-6-1-2-7-17(16)15-21(19)26-32(28,29)23-10-5-13-31-23/h1-10,13-15,20,26H,11-12H2,(H,25,27)/t20-/m1/s1. The normalized spacial score (nSPS) is 15.6. The number of sulfonamides is 1. The Morgan fingerprint density at radius 1 is 0.969 bits per heavy atom. The molecule has 8 heteroatoms. The number of thiophene rings is 1. The highest BCUT2D eigenvalue weighted by atomic mass is 32.2. The molecule has 0 spiro atoms. The third kappa shape index (κ3) is 3.94. The maximum atomic E-state index is 13.4. The summed E-state index contributed by atoms with van der Waals surface area (Å²) in [4.78, 5) is 13.4. The molecule has 0 radical (unpaired) electrons. The van der Waals surface area contributed by atoms with E-state index in [4.69, 9.17) is 4.74 Å². The van der Waals surface area contributed by atoms with Crippen LogP contribution in [0.15, 0.2) is 82.4 Å². The number of hydrogen-bond acceptors (Lipinski definition) is 5. The molecule has 1 aliphatic rings. The highest BCUT2D eigenvalue weighted by Gasteiger charge is 2.26. The molecule has 0 saturated heterocycles. The van der Waals surface area contributed by atoms with Crippen molar-refractivity contribution in [3.63, 3.8) is 0 Å². The summed E-state index contributed by atoms with van der Waals surface area (Å²) in [5.74, 6) is 0.405. The number of nitrogens with one attached hydrogen (secondary N) is 2. The van der Waals surface area contributed by atoms with Gasteiger partial charge in [-0.15, -0.1) is 11.3 Å². The van der Waals surface area contributed by atoms with E-state index >= 15 is 0 Å². The summed E-state index contributed by atoms with van der Waals surface area (Å²) in [6, 6.07) is 21.6. The zero-order chi connectivity index (χ0) is 22.1. The van der Waals surface area contributed by atoms with Gasteiger partial charge < -0.3 is 10.1 Å². The SMILES string of the molecule is O=C(N[C@@H]1CCOc2ccccc21)c1cc2ccccc2cc1NS(=O)(=O)c1cccs1. The highest BCUT2D eigenvalue weighted by molar-refractivity contribution is 7.94. The molecule has 2 N–H and O–H groups in total. The second-order valence-corrected chi connectivity index (χ2v) is 10.3. The minimum absolute atomic E-state index is 0.190. The third-order valence-corrected chi connectivity index (χ3v) is 8.16. The van der Waals surface area contributed by atoms with Crippen molar-refractivity contribution in [1.82, 2.24) is 5.32 Å². The van der Waals surface area contributed by atoms with Gasteiger partial charge in [-0.3, -0.25) is 9.52 Å². The quantitative estimate of drug-likeness (QED) is 0.437. The number of amides is 1. The van der Waals surface area contributed by atoms with Crippen molar-refractivity contribution in [2.45, 2.75) is 16.7 Å². The number of carbonyl (C=O) groups is 1. The van der Waals surface area contributed by atoms with Crippen LogP contribution in [0.2, 0.25) is 0 Å². The zero-order valence-corrected chi connectivity index (χ0v) is 18.6. The van der Waals surface area contributed by atoms with Crippen LogP contribution >= 0.6 is 11.3 Å². The van der Waals surface area contributed by atoms with Crippen molar-refractivity contribution in [3.05, 3.63) is 89.3 Å². The van der Waals surface area contributed by atoms with E-state index in [0.29, 0.717) is 13.0 Å². The lowest BCUT2D eigenvalue weighted by atomic mass is 9.99. The van der Waals surface area contributed by atoms with Crippen LogP contribution in [0, 0.1) is 0 Å². The number of anilines is 1. The lowest BCUT2D eigenvalue weighted by molar-refractivity contribution is 0.0926. The van der Waals surface area contributed by atoms with Gasteiger partial charge in [0.25, 0.3) is 15.9 Å². The fraction of sp³-hybridized carbons (Fsp3) is 0.125. The van der Waals surface area contributed by atoms with Gasteiger partial charge in [0.1, 0.15) is 9.96 Å². The molecule has 4 aromatic rings. The predicted octanol–water partition coefficient (Wildman–Crippen LogP) is 4.96. The molecular formula is C24H20N2O4S2. The van der Waals surface area contributed by atoms with Gasteiger partial charge in [0.05, 0.1) is 23.9 Å². The van der Waals surface area contributed by atoms with Crippen LogP contribution in [0.5, 0.6) is 5.75 Å². The van der Waals surface area contributed by atoms with E-state index in [1.54, 1.807) is 23.6 Å². The third-order valence-electron chi connectivity index (χ3n) is 5.40. The van der Waals surface area contributed by atoms with Crippen LogP contribution in [0.1, 0.15) is 28.4 Å². The summed E-state index contributed by atoms with van der Waals surface area (Å²) in [7, 11) is -3.81. The Hall–Kier alpha value is -3.36. The number of hydrogen-bond donors (Lipinski definition) is 2. The van der Waals surface area contributed by atoms with Crippen molar-refractivity contribution < 1.29 is 17.9 Å². The fourth-order valence-electron chi connectivity index (χ4n) is 3.85. The lowest BCUT2D eigenvalue weighted by Crippen LogP contribution is -2.32. The average molecular weight is 465 g/mol. The molecule has 162 valence electrons. The molecule has 0 saturated carbocycles. The average Bonchev–Trinajstić information content (AvgIpc) is 3.35. The van der Waals surface area contributed by atoms with Gasteiger partial charge in [-0.25, -0.2) is 8.42 Å². The first-order chi connectivity index (χ1) is 15.5. The van der Waals surface area contributed by atoms with Crippen molar-refractivity contribution in [2.75, 3.05) is 11.3 Å². The molecule has 0 aliphatic carbocycles. The molecule has 1 atom stereocenters. The minimum atomic E-state index is -3.81. The first-order valence-electron chi connectivity index (χ1n) is 10.1. The number of carbonyl (C=O) groups excluding carboxylic acids is 1. The van der Waals surface area contributed by atoms with Crippen molar-refractivity contribution >= 4 is 43.7 Å². The Bertz CT molecular complexity index is 1400. The molecule has 6 nitrogen and oxygen atoms in total. The molecule has 32 heavy (non-hydrogen) atoms. The molecule has 2 heterocycles. The Morgan fingerprint density at radius 3 is 2.50 bits per heavy atom. The van der Waals surface area contributed by atoms with E-state index in [-0.39, 0.29) is 27.4 Å². The number of fused-ring (bicyclic) bond motifs is 2. The maximum absolute atomic E-state index is 13.4. The van der Waals surface area contributed by atoms with Gasteiger partial charge in [0.2, 0.25) is 0 Å².